The van der Waals surface area contributed by atoms with Gasteiger partial charge in [-0.3, -0.25) is 9.59 Å². The third kappa shape index (κ3) is 1.95. The van der Waals surface area contributed by atoms with Crippen LogP contribution in [0, 0.1) is 11.3 Å². The molecule has 3 aliphatic rings. The lowest BCUT2D eigenvalue weighted by Crippen LogP contribution is -2.41. The number of nitrogens with zero attached hydrogens (tertiary/aromatic N) is 1. The maximum atomic E-state index is 12.4. The number of fused-ring (bicyclic) bond motifs is 1. The summed E-state index contributed by atoms with van der Waals surface area (Å²) in [6.07, 6.45) is 4.08. The van der Waals surface area contributed by atoms with Gasteiger partial charge in [-0.05, 0) is 38.5 Å². The normalized spacial score (nSPS) is 41.5. The average Bonchev–Trinajstić information content (AvgIpc) is 3.00. The summed E-state index contributed by atoms with van der Waals surface area (Å²) in [6.45, 7) is 2.95. The van der Waals surface area contributed by atoms with Crippen LogP contribution >= 0.6 is 0 Å². The van der Waals surface area contributed by atoms with Crippen LogP contribution in [-0.2, 0) is 14.3 Å². The van der Waals surface area contributed by atoms with Crippen molar-refractivity contribution in [3.63, 3.8) is 0 Å². The minimum absolute atomic E-state index is 0.000579. The van der Waals surface area contributed by atoms with Crippen molar-refractivity contribution in [2.75, 3.05) is 13.1 Å². The number of rotatable bonds is 2. The predicted octanol–water partition coefficient (Wildman–Crippen LogP) is 1.27. The number of carboxylic acids is 1. The van der Waals surface area contributed by atoms with Crippen LogP contribution in [0.25, 0.3) is 0 Å². The summed E-state index contributed by atoms with van der Waals surface area (Å²) in [7, 11) is 0. The van der Waals surface area contributed by atoms with Gasteiger partial charge < -0.3 is 14.7 Å². The van der Waals surface area contributed by atoms with E-state index in [4.69, 9.17) is 4.74 Å². The van der Waals surface area contributed by atoms with Gasteiger partial charge in [0.05, 0.1) is 11.5 Å². The van der Waals surface area contributed by atoms with Crippen molar-refractivity contribution in [2.24, 2.45) is 11.3 Å². The molecule has 1 aliphatic carbocycles. The molecule has 3 rings (SSSR count). The second-order valence-corrected chi connectivity index (χ2v) is 6.28. The number of carbonyl (C=O) groups excluding carboxylic acids is 1. The fraction of sp³-hybridized carbons (Fsp3) is 0.857. The van der Waals surface area contributed by atoms with Crippen LogP contribution in [0.4, 0.5) is 0 Å². The quantitative estimate of drug-likeness (QED) is 0.818. The van der Waals surface area contributed by atoms with Crippen molar-refractivity contribution in [3.8, 4) is 0 Å². The topological polar surface area (TPSA) is 66.8 Å². The highest BCUT2D eigenvalue weighted by Gasteiger charge is 2.56. The Morgan fingerprint density at radius 3 is 2.68 bits per heavy atom. The van der Waals surface area contributed by atoms with Crippen molar-refractivity contribution < 1.29 is 19.4 Å². The second kappa shape index (κ2) is 4.47. The summed E-state index contributed by atoms with van der Waals surface area (Å²) >= 11 is 0. The van der Waals surface area contributed by atoms with Crippen molar-refractivity contribution in [1.82, 2.24) is 4.90 Å². The molecule has 2 heterocycles. The fourth-order valence-electron chi connectivity index (χ4n) is 3.99. The monoisotopic (exact) mass is 267 g/mol. The van der Waals surface area contributed by atoms with E-state index in [9.17, 15) is 14.7 Å². The molecule has 106 valence electrons. The van der Waals surface area contributed by atoms with Crippen molar-refractivity contribution >= 4 is 11.9 Å². The van der Waals surface area contributed by atoms with Crippen molar-refractivity contribution in [3.05, 3.63) is 0 Å². The Hall–Kier alpha value is -1.10. The first-order valence-corrected chi connectivity index (χ1v) is 7.20. The van der Waals surface area contributed by atoms with Gasteiger partial charge in [0, 0.05) is 13.1 Å². The summed E-state index contributed by atoms with van der Waals surface area (Å²) in [4.78, 5) is 25.7. The molecule has 0 aromatic rings. The lowest BCUT2D eigenvalue weighted by atomic mass is 9.81. The van der Waals surface area contributed by atoms with Gasteiger partial charge >= 0.3 is 5.97 Å². The van der Waals surface area contributed by atoms with Gasteiger partial charge in [0.2, 0.25) is 0 Å². The minimum atomic E-state index is -0.731. The first-order chi connectivity index (χ1) is 9.03. The van der Waals surface area contributed by atoms with E-state index in [0.717, 1.165) is 25.7 Å². The molecule has 0 bridgehead atoms. The highest BCUT2D eigenvalue weighted by Crippen LogP contribution is 2.49. The summed E-state index contributed by atoms with van der Waals surface area (Å²) in [5, 5.41) is 9.51. The zero-order valence-electron chi connectivity index (χ0n) is 11.3. The first kappa shape index (κ1) is 12.9. The summed E-state index contributed by atoms with van der Waals surface area (Å²) in [5.74, 6) is -0.599. The van der Waals surface area contributed by atoms with E-state index in [1.807, 2.05) is 6.92 Å². The van der Waals surface area contributed by atoms with Gasteiger partial charge in [-0.25, -0.2) is 0 Å². The van der Waals surface area contributed by atoms with E-state index in [2.05, 4.69) is 0 Å². The molecule has 1 amide bonds. The van der Waals surface area contributed by atoms with E-state index in [1.165, 1.54) is 0 Å². The third-order valence-corrected chi connectivity index (χ3v) is 5.12. The number of ether oxygens (including phenoxy) is 1. The Bertz CT molecular complexity index is 410. The van der Waals surface area contributed by atoms with E-state index in [1.54, 1.807) is 4.90 Å². The van der Waals surface area contributed by atoms with Crippen molar-refractivity contribution in [2.45, 2.75) is 51.2 Å². The largest absolute Gasteiger partial charge is 0.481 e. The summed E-state index contributed by atoms with van der Waals surface area (Å²) in [6, 6.07) is 0. The number of hydrogen-bond acceptors (Lipinski definition) is 3. The van der Waals surface area contributed by atoms with Gasteiger partial charge in [0.15, 0.2) is 0 Å². The number of amides is 1. The Labute approximate surface area is 112 Å². The minimum Gasteiger partial charge on any atom is -0.481 e. The van der Waals surface area contributed by atoms with Crippen LogP contribution in [0.1, 0.15) is 39.0 Å². The van der Waals surface area contributed by atoms with Gasteiger partial charge in [-0.1, -0.05) is 6.42 Å². The number of carboxylic acid groups (broad SMARTS) is 1. The summed E-state index contributed by atoms with van der Waals surface area (Å²) < 4.78 is 5.61. The standard InChI is InChI=1S/C14H21NO4/c1-9-4-5-11(19-9)12(16)15-7-10-3-2-6-14(10,8-15)13(17)18/h9-11H,2-8H2,1H3,(H,17,18)/t9-,10+,11-,14-/m1/s1. The zero-order valence-corrected chi connectivity index (χ0v) is 11.3. The SMILES string of the molecule is C[C@@H]1CC[C@H](C(=O)N2C[C@@H]3CCC[C@@]3(C(=O)O)C2)O1. The van der Waals surface area contributed by atoms with Crippen LogP contribution in [0.15, 0.2) is 0 Å². The van der Waals surface area contributed by atoms with Gasteiger partial charge in [0.25, 0.3) is 5.91 Å². The van der Waals surface area contributed by atoms with Crippen LogP contribution in [0.3, 0.4) is 0 Å². The maximum absolute atomic E-state index is 12.4. The van der Waals surface area contributed by atoms with Crippen LogP contribution in [0.5, 0.6) is 0 Å². The number of hydrogen-bond donors (Lipinski definition) is 1. The lowest BCUT2D eigenvalue weighted by molar-refractivity contribution is -0.150. The summed E-state index contributed by atoms with van der Waals surface area (Å²) in [5.41, 5.74) is -0.681. The molecule has 19 heavy (non-hydrogen) atoms. The molecule has 1 saturated carbocycles. The van der Waals surface area contributed by atoms with Gasteiger partial charge in [0.1, 0.15) is 6.10 Å². The van der Waals surface area contributed by atoms with Crippen LogP contribution < -0.4 is 0 Å². The molecule has 1 N–H and O–H groups in total. The molecule has 0 aromatic heterocycles. The lowest BCUT2D eigenvalue weighted by Gasteiger charge is -2.24. The number of aliphatic carboxylic acids is 1. The van der Waals surface area contributed by atoms with E-state index in [0.29, 0.717) is 19.5 Å². The Kier molecular flexibility index (Phi) is 3.04. The molecule has 2 aliphatic heterocycles. The van der Waals surface area contributed by atoms with Crippen molar-refractivity contribution in [1.29, 1.82) is 0 Å². The van der Waals surface area contributed by atoms with E-state index >= 15 is 0 Å². The molecule has 0 radical (unpaired) electrons. The molecular formula is C14H21NO4. The van der Waals surface area contributed by atoms with E-state index < -0.39 is 11.4 Å². The molecule has 3 fully saturated rings. The van der Waals surface area contributed by atoms with Crippen LogP contribution in [-0.4, -0.2) is 47.2 Å². The Morgan fingerprint density at radius 1 is 1.32 bits per heavy atom. The fourth-order valence-corrected chi connectivity index (χ4v) is 3.99. The highest BCUT2D eigenvalue weighted by atomic mass is 16.5. The molecule has 5 heteroatoms. The zero-order chi connectivity index (χ0) is 13.6. The number of likely N-dealkylation sites (tertiary alicyclic amines) is 1. The molecule has 0 aromatic carbocycles. The predicted molar refractivity (Wildman–Crippen MR) is 67.6 cm³/mol. The number of carbonyl (C=O) groups is 2. The van der Waals surface area contributed by atoms with Gasteiger partial charge in [-0.15, -0.1) is 0 Å². The smallest absolute Gasteiger partial charge is 0.311 e. The first-order valence-electron chi connectivity index (χ1n) is 7.20. The molecule has 0 spiro atoms. The third-order valence-electron chi connectivity index (χ3n) is 5.12. The molecular weight excluding hydrogens is 246 g/mol. The van der Waals surface area contributed by atoms with E-state index in [-0.39, 0.29) is 24.0 Å². The second-order valence-electron chi connectivity index (χ2n) is 6.28. The average molecular weight is 267 g/mol. The molecule has 2 saturated heterocycles. The van der Waals surface area contributed by atoms with Crippen LogP contribution in [0.2, 0.25) is 0 Å². The maximum Gasteiger partial charge on any atom is 0.311 e. The Balaban J connectivity index is 1.72. The Morgan fingerprint density at radius 2 is 2.11 bits per heavy atom. The molecule has 4 atom stereocenters. The highest BCUT2D eigenvalue weighted by molar-refractivity contribution is 5.84. The molecule has 0 unspecified atom stereocenters. The molecule has 5 nitrogen and oxygen atoms in total. The van der Waals surface area contributed by atoms with Gasteiger partial charge in [-0.2, -0.15) is 0 Å².